The number of thiol groups is 1. The second kappa shape index (κ2) is 10.5. The van der Waals surface area contributed by atoms with Gasteiger partial charge in [0.2, 0.25) is 0 Å². The molecule has 2 rings (SSSR count). The van der Waals surface area contributed by atoms with E-state index < -0.39 is 55.5 Å². The zero-order valence-electron chi connectivity index (χ0n) is 19.2. The van der Waals surface area contributed by atoms with E-state index in [1.165, 1.54) is 24.3 Å². The van der Waals surface area contributed by atoms with Crippen molar-refractivity contribution in [3.63, 3.8) is 0 Å². The Bertz CT molecular complexity index is 1290. The third-order valence-electron chi connectivity index (χ3n) is 5.84. The van der Waals surface area contributed by atoms with E-state index in [0.717, 1.165) is 24.3 Å². The third-order valence-corrected chi connectivity index (χ3v) is 7.49. The molecule has 0 fully saturated rings. The molecule has 6 nitrogen and oxygen atoms in total. The van der Waals surface area contributed by atoms with Crippen LogP contribution < -0.4 is 8.37 Å². The maximum Gasteiger partial charge on any atom is 0.460 e. The van der Waals surface area contributed by atoms with E-state index in [-0.39, 0.29) is 5.75 Å². The second-order valence-corrected chi connectivity index (χ2v) is 10.1. The van der Waals surface area contributed by atoms with Crippen LogP contribution in [0, 0.1) is 0 Å². The molecule has 0 aliphatic rings. The predicted octanol–water partition coefficient (Wildman–Crippen LogP) is 5.83. The van der Waals surface area contributed by atoms with E-state index in [0.29, 0.717) is 24.0 Å². The maximum absolute atomic E-state index is 13.9. The molecule has 0 heterocycles. The molecule has 0 bridgehead atoms. The van der Waals surface area contributed by atoms with Crippen molar-refractivity contribution < 1.29 is 64.7 Å². The summed E-state index contributed by atoms with van der Waals surface area (Å²) in [4.78, 5) is 0. The number of rotatable bonds is 11. The summed E-state index contributed by atoms with van der Waals surface area (Å²) in [5.74, 6) is -15.9. The molecular weight excluding hydrogens is 583 g/mol. The van der Waals surface area contributed by atoms with Crippen LogP contribution in [0.3, 0.4) is 0 Å². The van der Waals surface area contributed by atoms with Crippen LogP contribution in [-0.2, 0) is 26.5 Å². The van der Waals surface area contributed by atoms with Crippen molar-refractivity contribution in [1.29, 1.82) is 0 Å². The fourth-order valence-corrected chi connectivity index (χ4v) is 4.89. The monoisotopic (exact) mass is 602 g/mol. The molecule has 2 aromatic carbocycles. The van der Waals surface area contributed by atoms with Crippen molar-refractivity contribution in [2.45, 2.75) is 55.4 Å². The number of hydrogen-bond acceptors (Lipinski definition) is 6. The molecule has 0 N–H and O–H groups in total. The van der Waals surface area contributed by atoms with Gasteiger partial charge in [-0.15, -0.1) is 0 Å². The van der Waals surface area contributed by atoms with E-state index in [1.807, 2.05) is 0 Å². The molecule has 0 amide bonds. The largest absolute Gasteiger partial charge is 0.460 e. The Morgan fingerprint density at radius 1 is 0.684 bits per heavy atom. The molecule has 0 unspecified atom stereocenters. The molecule has 0 aromatic heterocycles. The number of alkyl halides is 9. The summed E-state index contributed by atoms with van der Waals surface area (Å²) in [7, 11) is -10.2. The highest BCUT2D eigenvalue weighted by Gasteiger charge is 2.86. The molecule has 0 radical (unpaired) electrons. The highest BCUT2D eigenvalue weighted by molar-refractivity contribution is 7.88. The van der Waals surface area contributed by atoms with Gasteiger partial charge in [-0.05, 0) is 48.2 Å². The molecule has 0 spiro atoms. The molecule has 0 saturated carbocycles. The first-order valence-electron chi connectivity index (χ1n) is 10.4. The Labute approximate surface area is 212 Å². The van der Waals surface area contributed by atoms with Gasteiger partial charge in [-0.25, -0.2) is 0 Å². The summed E-state index contributed by atoms with van der Waals surface area (Å²) in [6, 6.07) is 9.51. The lowest BCUT2D eigenvalue weighted by atomic mass is 9.70. The molecular formula is C21H19F9O6S2. The van der Waals surface area contributed by atoms with Crippen LogP contribution in [0.5, 0.6) is 11.5 Å². The van der Waals surface area contributed by atoms with E-state index in [1.54, 1.807) is 13.8 Å². The van der Waals surface area contributed by atoms with Crippen molar-refractivity contribution in [1.82, 2.24) is 0 Å². The van der Waals surface area contributed by atoms with Crippen LogP contribution in [0.4, 0.5) is 39.5 Å². The average molecular weight is 602 g/mol. The lowest BCUT2D eigenvalue weighted by Gasteiger charge is -2.33. The van der Waals surface area contributed by atoms with Crippen LogP contribution in [0.1, 0.15) is 37.8 Å². The van der Waals surface area contributed by atoms with Gasteiger partial charge in [0.25, 0.3) is 11.0 Å². The number of hydrogen-bond donors (Lipinski definition) is 1. The van der Waals surface area contributed by atoms with E-state index >= 15 is 0 Å². The van der Waals surface area contributed by atoms with Crippen LogP contribution >= 0.6 is 0 Å². The quantitative estimate of drug-likeness (QED) is 0.198. The zero-order valence-corrected chi connectivity index (χ0v) is 21.0. The number of halogens is 9. The zero-order chi connectivity index (χ0) is 29.4. The van der Waals surface area contributed by atoms with Crippen LogP contribution in [0.15, 0.2) is 48.5 Å². The Morgan fingerprint density at radius 2 is 1.08 bits per heavy atom. The molecule has 38 heavy (non-hydrogen) atoms. The Kier molecular flexibility index (Phi) is 8.68. The van der Waals surface area contributed by atoms with Gasteiger partial charge in [0, 0.05) is 5.41 Å². The maximum atomic E-state index is 13.9. The predicted molar refractivity (Wildman–Crippen MR) is 116 cm³/mol. The minimum atomic E-state index is -7.41. The lowest BCUT2D eigenvalue weighted by molar-refractivity contribution is -0.382. The molecule has 2 aromatic rings. The second-order valence-electron chi connectivity index (χ2n) is 7.85. The topological polar surface area (TPSA) is 86.7 Å². The summed E-state index contributed by atoms with van der Waals surface area (Å²) in [5, 5.41) is -6.98. The van der Waals surface area contributed by atoms with Crippen LogP contribution in [0.25, 0.3) is 0 Å². The molecule has 0 atom stereocenters. The van der Waals surface area contributed by atoms with Gasteiger partial charge in [0.05, 0.1) is 0 Å². The van der Waals surface area contributed by atoms with Crippen LogP contribution in [0.2, 0.25) is 0 Å². The van der Waals surface area contributed by atoms with Gasteiger partial charge in [-0.2, -0.15) is 56.3 Å². The van der Waals surface area contributed by atoms with Crippen molar-refractivity contribution in [3.05, 3.63) is 59.7 Å². The highest BCUT2D eigenvalue weighted by atomic mass is 32.2. The minimum absolute atomic E-state index is 0.00810. The third kappa shape index (κ3) is 5.39. The Hall–Kier alpha value is -2.69. The first kappa shape index (κ1) is 31.5. The summed E-state index contributed by atoms with van der Waals surface area (Å²) in [6.45, 7) is 3.50. The van der Waals surface area contributed by atoms with Gasteiger partial charge in [0.1, 0.15) is 11.5 Å². The fourth-order valence-electron chi connectivity index (χ4n) is 3.68. The van der Waals surface area contributed by atoms with Gasteiger partial charge < -0.3 is 8.37 Å². The summed E-state index contributed by atoms with van der Waals surface area (Å²) >= 11 is 0. The summed E-state index contributed by atoms with van der Waals surface area (Å²) < 4.78 is 171. The lowest BCUT2D eigenvalue weighted by Crippen LogP contribution is -2.63. The van der Waals surface area contributed by atoms with E-state index in [2.05, 4.69) is 8.37 Å². The van der Waals surface area contributed by atoms with Gasteiger partial charge in [-0.3, -0.25) is 0 Å². The molecule has 0 aliphatic carbocycles. The van der Waals surface area contributed by atoms with E-state index in [9.17, 15) is 56.3 Å². The highest BCUT2D eigenvalue weighted by Crippen LogP contribution is 2.55. The van der Waals surface area contributed by atoms with Crippen molar-refractivity contribution in [2.24, 2.45) is 0 Å². The molecule has 214 valence electrons. The first-order chi connectivity index (χ1) is 17.2. The average Bonchev–Trinajstić information content (AvgIpc) is 2.80. The summed E-state index contributed by atoms with van der Waals surface area (Å²) in [6.07, 6.45) is -6.43. The van der Waals surface area contributed by atoms with Gasteiger partial charge in [-0.1, -0.05) is 38.1 Å². The number of benzene rings is 2. The Balaban J connectivity index is 2.42. The first-order valence-corrected chi connectivity index (χ1v) is 12.9. The minimum Gasteiger partial charge on any atom is -0.384 e. The van der Waals surface area contributed by atoms with Gasteiger partial charge >= 0.3 is 33.4 Å². The van der Waals surface area contributed by atoms with E-state index in [4.69, 9.17) is 0 Å². The SMILES string of the molecule is CCC(CC)(c1ccc(O[SH](=O)=O)cc1)c1ccc(OS(=O)(=O)C(F)(F)C(F)(F)C(F)(F)C(F)(F)F)cc1. The summed E-state index contributed by atoms with van der Waals surface area (Å²) in [5.41, 5.74) is 0.191. The molecule has 0 aliphatic heterocycles. The normalized spacial score (nSPS) is 14.0. The molecule has 0 saturated heterocycles. The van der Waals surface area contributed by atoms with Crippen molar-refractivity contribution in [2.75, 3.05) is 0 Å². The van der Waals surface area contributed by atoms with Crippen molar-refractivity contribution >= 4 is 21.1 Å². The van der Waals surface area contributed by atoms with Crippen LogP contribution in [-0.4, -0.2) is 40.1 Å². The van der Waals surface area contributed by atoms with Crippen molar-refractivity contribution in [3.8, 4) is 11.5 Å². The fraction of sp³-hybridized carbons (Fsp3) is 0.429. The van der Waals surface area contributed by atoms with Gasteiger partial charge in [0.15, 0.2) is 0 Å². The standard InChI is InChI=1S/C21H19F9O6S2/c1-3-17(4-2,13-5-9-15(10-6-13)35-37(31)32)14-7-11-16(12-8-14)36-38(33,34)21(29,30)19(24,25)18(22,23)20(26,27)28/h5-12,37H,3-4H2,1-2H3. The smallest absolute Gasteiger partial charge is 0.384 e. The Morgan fingerprint density at radius 3 is 1.42 bits per heavy atom. The molecule has 17 heteroatoms.